The quantitative estimate of drug-likeness (QED) is 0.632. The number of carbonyl (C=O) groups excluding carboxylic acids is 2. The van der Waals surface area contributed by atoms with E-state index in [-0.39, 0.29) is 37.6 Å². The Balaban J connectivity index is 1.57. The average Bonchev–Trinajstić information content (AvgIpc) is 3.44. The third kappa shape index (κ3) is 4.06. The minimum Gasteiger partial charge on any atom is -0.467 e. The molecule has 4 rings (SSSR count). The van der Waals surface area contributed by atoms with E-state index in [1.165, 1.54) is 28.4 Å². The van der Waals surface area contributed by atoms with Gasteiger partial charge in [0.05, 0.1) is 37.2 Å². The molecule has 1 aliphatic heterocycles. The van der Waals surface area contributed by atoms with Crippen LogP contribution in [-0.4, -0.2) is 23.3 Å². The fourth-order valence-electron chi connectivity index (χ4n) is 3.44. The largest absolute Gasteiger partial charge is 0.467 e. The van der Waals surface area contributed by atoms with Crippen LogP contribution in [0.25, 0.3) is 0 Å². The lowest BCUT2D eigenvalue weighted by Gasteiger charge is -2.25. The SMILES string of the molecule is O=C1CC(C(=O)N(Cc2ccco2)c2ccc(F)cc2F)CN1Cc1ccco1. The van der Waals surface area contributed by atoms with Gasteiger partial charge in [0.15, 0.2) is 0 Å². The Labute approximate surface area is 165 Å². The summed E-state index contributed by atoms with van der Waals surface area (Å²) < 4.78 is 38.3. The molecule has 1 aliphatic rings. The number of furan rings is 2. The zero-order valence-electron chi connectivity index (χ0n) is 15.4. The molecule has 3 aromatic rings. The van der Waals surface area contributed by atoms with Crippen molar-refractivity contribution in [1.29, 1.82) is 0 Å². The third-order valence-corrected chi connectivity index (χ3v) is 4.85. The van der Waals surface area contributed by atoms with Crippen LogP contribution >= 0.6 is 0 Å². The highest BCUT2D eigenvalue weighted by Crippen LogP contribution is 2.28. The van der Waals surface area contributed by atoms with Crippen LogP contribution in [-0.2, 0) is 22.7 Å². The van der Waals surface area contributed by atoms with Crippen LogP contribution in [0.3, 0.4) is 0 Å². The van der Waals surface area contributed by atoms with Crippen molar-refractivity contribution >= 4 is 17.5 Å². The van der Waals surface area contributed by atoms with Crippen molar-refractivity contribution in [2.24, 2.45) is 5.92 Å². The van der Waals surface area contributed by atoms with Gasteiger partial charge in [0.2, 0.25) is 11.8 Å². The Hall–Kier alpha value is -3.42. The topological polar surface area (TPSA) is 66.9 Å². The molecule has 8 heteroatoms. The van der Waals surface area contributed by atoms with Crippen LogP contribution in [0.2, 0.25) is 0 Å². The summed E-state index contributed by atoms with van der Waals surface area (Å²) in [6, 6.07) is 9.81. The molecule has 150 valence electrons. The van der Waals surface area contributed by atoms with E-state index in [1.807, 2.05) is 0 Å². The zero-order valence-corrected chi connectivity index (χ0v) is 15.4. The summed E-state index contributed by atoms with van der Waals surface area (Å²) in [4.78, 5) is 28.3. The molecule has 0 spiro atoms. The van der Waals surface area contributed by atoms with E-state index in [0.717, 1.165) is 12.1 Å². The lowest BCUT2D eigenvalue weighted by atomic mass is 10.1. The number of nitrogens with zero attached hydrogens (tertiary/aromatic N) is 2. The van der Waals surface area contributed by atoms with E-state index < -0.39 is 23.5 Å². The van der Waals surface area contributed by atoms with E-state index in [4.69, 9.17) is 8.83 Å². The van der Waals surface area contributed by atoms with Gasteiger partial charge in [-0.05, 0) is 36.4 Å². The van der Waals surface area contributed by atoms with Crippen molar-refractivity contribution in [2.75, 3.05) is 11.4 Å². The van der Waals surface area contributed by atoms with E-state index in [2.05, 4.69) is 0 Å². The Bertz CT molecular complexity index is 1000. The molecule has 1 saturated heterocycles. The predicted octanol–water partition coefficient (Wildman–Crippen LogP) is 3.73. The number of halogens is 2. The van der Waals surface area contributed by atoms with Gasteiger partial charge in [-0.25, -0.2) is 8.78 Å². The second-order valence-electron chi connectivity index (χ2n) is 6.85. The van der Waals surface area contributed by atoms with Gasteiger partial charge in [-0.1, -0.05) is 0 Å². The van der Waals surface area contributed by atoms with Crippen molar-refractivity contribution in [2.45, 2.75) is 19.5 Å². The van der Waals surface area contributed by atoms with Gasteiger partial charge < -0.3 is 18.6 Å². The monoisotopic (exact) mass is 400 g/mol. The molecule has 3 heterocycles. The maximum Gasteiger partial charge on any atom is 0.232 e. The molecule has 0 saturated carbocycles. The Morgan fingerprint density at radius 1 is 1.10 bits per heavy atom. The first-order chi connectivity index (χ1) is 14.0. The van der Waals surface area contributed by atoms with Gasteiger partial charge in [-0.2, -0.15) is 0 Å². The summed E-state index contributed by atoms with van der Waals surface area (Å²) >= 11 is 0. The fraction of sp³-hybridized carbons (Fsp3) is 0.238. The van der Waals surface area contributed by atoms with Crippen LogP contribution in [0.15, 0.2) is 63.8 Å². The van der Waals surface area contributed by atoms with Gasteiger partial charge in [-0.3, -0.25) is 9.59 Å². The summed E-state index contributed by atoms with van der Waals surface area (Å²) in [5, 5.41) is 0. The summed E-state index contributed by atoms with van der Waals surface area (Å²) in [5.74, 6) is -1.81. The number of hydrogen-bond acceptors (Lipinski definition) is 4. The number of hydrogen-bond donors (Lipinski definition) is 0. The molecule has 0 bridgehead atoms. The summed E-state index contributed by atoms with van der Waals surface area (Å²) in [6.45, 7) is 0.422. The molecule has 1 fully saturated rings. The van der Waals surface area contributed by atoms with Gasteiger partial charge >= 0.3 is 0 Å². The second-order valence-corrected chi connectivity index (χ2v) is 6.85. The number of likely N-dealkylation sites (tertiary alicyclic amines) is 1. The molecule has 29 heavy (non-hydrogen) atoms. The van der Waals surface area contributed by atoms with Crippen LogP contribution in [0.5, 0.6) is 0 Å². The lowest BCUT2D eigenvalue weighted by molar-refractivity contribution is -0.129. The molecule has 1 aromatic carbocycles. The Kier molecular flexibility index (Phi) is 5.16. The number of carbonyl (C=O) groups is 2. The van der Waals surface area contributed by atoms with Gasteiger partial charge in [0.1, 0.15) is 23.2 Å². The van der Waals surface area contributed by atoms with E-state index in [9.17, 15) is 18.4 Å². The van der Waals surface area contributed by atoms with Crippen LogP contribution in [0.4, 0.5) is 14.5 Å². The van der Waals surface area contributed by atoms with Crippen molar-refractivity contribution in [1.82, 2.24) is 4.90 Å². The van der Waals surface area contributed by atoms with Crippen LogP contribution < -0.4 is 4.90 Å². The predicted molar refractivity (Wildman–Crippen MR) is 98.5 cm³/mol. The first-order valence-corrected chi connectivity index (χ1v) is 9.10. The Morgan fingerprint density at radius 3 is 2.48 bits per heavy atom. The van der Waals surface area contributed by atoms with Crippen LogP contribution in [0.1, 0.15) is 17.9 Å². The molecule has 6 nitrogen and oxygen atoms in total. The molecular formula is C21H18F2N2O4. The number of anilines is 1. The van der Waals surface area contributed by atoms with E-state index in [0.29, 0.717) is 11.5 Å². The van der Waals surface area contributed by atoms with Crippen molar-refractivity contribution in [3.05, 3.63) is 78.1 Å². The first-order valence-electron chi connectivity index (χ1n) is 9.10. The smallest absolute Gasteiger partial charge is 0.232 e. The average molecular weight is 400 g/mol. The molecule has 0 aliphatic carbocycles. The maximum atomic E-state index is 14.4. The van der Waals surface area contributed by atoms with Crippen molar-refractivity contribution in [3.63, 3.8) is 0 Å². The molecule has 0 radical (unpaired) electrons. The van der Waals surface area contributed by atoms with Gasteiger partial charge in [0, 0.05) is 19.0 Å². The van der Waals surface area contributed by atoms with Gasteiger partial charge in [-0.15, -0.1) is 0 Å². The number of rotatable bonds is 6. The molecule has 0 N–H and O–H groups in total. The summed E-state index contributed by atoms with van der Waals surface area (Å²) in [5.41, 5.74) is -0.0651. The first kappa shape index (κ1) is 18.9. The van der Waals surface area contributed by atoms with Crippen molar-refractivity contribution in [3.8, 4) is 0 Å². The summed E-state index contributed by atoms with van der Waals surface area (Å²) in [6.07, 6.45) is 2.97. The summed E-state index contributed by atoms with van der Waals surface area (Å²) in [7, 11) is 0. The van der Waals surface area contributed by atoms with Crippen molar-refractivity contribution < 1.29 is 27.2 Å². The molecule has 1 unspecified atom stereocenters. The lowest BCUT2D eigenvalue weighted by Crippen LogP contribution is -2.37. The minimum atomic E-state index is -0.860. The second kappa shape index (κ2) is 7.90. The molecule has 1 atom stereocenters. The third-order valence-electron chi connectivity index (χ3n) is 4.85. The zero-order chi connectivity index (χ0) is 20.4. The standard InChI is InChI=1S/C21H18F2N2O4/c22-15-5-6-19(18(23)10-15)25(13-17-4-2-8-29-17)21(27)14-9-20(26)24(11-14)12-16-3-1-7-28-16/h1-8,10,14H,9,11-13H2. The highest BCUT2D eigenvalue weighted by molar-refractivity contribution is 5.99. The van der Waals surface area contributed by atoms with Gasteiger partial charge in [0.25, 0.3) is 0 Å². The molecule has 2 amide bonds. The maximum absolute atomic E-state index is 14.4. The Morgan fingerprint density at radius 2 is 1.83 bits per heavy atom. The number of benzene rings is 1. The van der Waals surface area contributed by atoms with Crippen LogP contribution in [0, 0.1) is 17.6 Å². The normalized spacial score (nSPS) is 16.4. The minimum absolute atomic E-state index is 0.0109. The number of amides is 2. The highest BCUT2D eigenvalue weighted by Gasteiger charge is 2.38. The highest BCUT2D eigenvalue weighted by atomic mass is 19.1. The molecular weight excluding hydrogens is 382 g/mol. The van der Waals surface area contributed by atoms with E-state index in [1.54, 1.807) is 24.3 Å². The molecule has 2 aromatic heterocycles. The fourth-order valence-corrected chi connectivity index (χ4v) is 3.44. The van der Waals surface area contributed by atoms with E-state index >= 15 is 0 Å².